The van der Waals surface area contributed by atoms with Gasteiger partial charge >= 0.3 is 0 Å². The number of nitrogens with two attached hydrogens (primary N) is 2. The van der Waals surface area contributed by atoms with Crippen molar-refractivity contribution in [2.75, 3.05) is 0 Å². The van der Waals surface area contributed by atoms with Gasteiger partial charge in [0.25, 0.3) is 0 Å². The Balaban J connectivity index is 2.16. The molecule has 0 fully saturated rings. The number of aromatic nitrogens is 2. The molecule has 0 amide bonds. The van der Waals surface area contributed by atoms with E-state index in [1.807, 2.05) is 24.4 Å². The summed E-state index contributed by atoms with van der Waals surface area (Å²) in [6.07, 6.45) is 7.64. The Labute approximate surface area is 89.0 Å². The molecule has 1 unspecified atom stereocenters. The van der Waals surface area contributed by atoms with E-state index in [-0.39, 0.29) is 5.41 Å². The van der Waals surface area contributed by atoms with Gasteiger partial charge in [-0.15, -0.1) is 0 Å². The summed E-state index contributed by atoms with van der Waals surface area (Å²) in [5.74, 6) is 0. The van der Waals surface area contributed by atoms with Crippen molar-refractivity contribution in [3.63, 3.8) is 0 Å². The molecule has 0 radical (unpaired) electrons. The molecule has 1 atom stereocenters. The number of rotatable bonds is 2. The lowest BCUT2D eigenvalue weighted by atomic mass is 9.78. The lowest BCUT2D eigenvalue weighted by Crippen LogP contribution is -2.24. The minimum atomic E-state index is 0.0299. The first-order chi connectivity index (χ1) is 7.09. The zero-order chi connectivity index (χ0) is 10.9. The number of aromatic amines is 1. The van der Waals surface area contributed by atoms with E-state index < -0.39 is 0 Å². The first kappa shape index (κ1) is 9.83. The molecule has 15 heavy (non-hydrogen) atoms. The maximum atomic E-state index is 5.82. The summed E-state index contributed by atoms with van der Waals surface area (Å²) in [4.78, 5) is 0. The van der Waals surface area contributed by atoms with Gasteiger partial charge in [-0.25, -0.2) is 0 Å². The summed E-state index contributed by atoms with van der Waals surface area (Å²) >= 11 is 0. The molecule has 1 aliphatic rings. The number of H-pyrrole nitrogens is 1. The Hall–Kier alpha value is -1.71. The first-order valence-corrected chi connectivity index (χ1v) is 5.02. The van der Waals surface area contributed by atoms with Crippen LogP contribution in [0.15, 0.2) is 35.8 Å². The highest BCUT2D eigenvalue weighted by atomic mass is 15.1. The van der Waals surface area contributed by atoms with Gasteiger partial charge < -0.3 is 11.5 Å². The highest BCUT2D eigenvalue weighted by Gasteiger charge is 2.25. The highest BCUT2D eigenvalue weighted by molar-refractivity contribution is 5.32. The van der Waals surface area contributed by atoms with E-state index in [0.29, 0.717) is 11.4 Å². The molecule has 0 aromatic carbocycles. The number of nitrogens with zero attached hydrogens (tertiary/aromatic N) is 1. The predicted octanol–water partition coefficient (Wildman–Crippen LogP) is 1.05. The molecule has 1 aromatic rings. The minimum Gasteiger partial charge on any atom is -0.397 e. The van der Waals surface area contributed by atoms with Crippen LogP contribution in [0.25, 0.3) is 0 Å². The second-order valence-electron chi connectivity index (χ2n) is 4.36. The molecule has 0 saturated carbocycles. The third kappa shape index (κ3) is 2.03. The molecular formula is C11H16N4. The average molecular weight is 204 g/mol. The van der Waals surface area contributed by atoms with Crippen LogP contribution in [0.5, 0.6) is 0 Å². The Morgan fingerprint density at radius 3 is 2.87 bits per heavy atom. The zero-order valence-corrected chi connectivity index (χ0v) is 8.83. The van der Waals surface area contributed by atoms with E-state index in [1.165, 1.54) is 0 Å². The van der Waals surface area contributed by atoms with Crippen LogP contribution in [-0.2, 0) is 6.42 Å². The molecule has 0 saturated heterocycles. The van der Waals surface area contributed by atoms with Crippen LogP contribution in [0.1, 0.15) is 19.0 Å². The van der Waals surface area contributed by atoms with Crippen LogP contribution in [0.2, 0.25) is 0 Å². The molecule has 0 bridgehead atoms. The third-order valence-corrected chi connectivity index (χ3v) is 2.77. The van der Waals surface area contributed by atoms with E-state index in [0.717, 1.165) is 18.5 Å². The van der Waals surface area contributed by atoms with Crippen LogP contribution < -0.4 is 11.5 Å². The monoisotopic (exact) mass is 204 g/mol. The summed E-state index contributed by atoms with van der Waals surface area (Å²) < 4.78 is 0. The number of allylic oxidation sites excluding steroid dienone is 2. The summed E-state index contributed by atoms with van der Waals surface area (Å²) in [5.41, 5.74) is 14.0. The van der Waals surface area contributed by atoms with Crippen molar-refractivity contribution in [2.24, 2.45) is 16.9 Å². The number of hydrogen-bond acceptors (Lipinski definition) is 3. The molecule has 1 aromatic heterocycles. The van der Waals surface area contributed by atoms with Crippen LogP contribution in [0.3, 0.4) is 0 Å². The van der Waals surface area contributed by atoms with Crippen LogP contribution in [0, 0.1) is 5.41 Å². The van der Waals surface area contributed by atoms with Crippen LogP contribution >= 0.6 is 0 Å². The highest BCUT2D eigenvalue weighted by Crippen LogP contribution is 2.33. The average Bonchev–Trinajstić information content (AvgIpc) is 2.64. The smallest absolute Gasteiger partial charge is 0.0630 e. The second-order valence-corrected chi connectivity index (χ2v) is 4.36. The van der Waals surface area contributed by atoms with Gasteiger partial charge in [-0.3, -0.25) is 5.10 Å². The number of nitrogens with one attached hydrogen (secondary N) is 1. The zero-order valence-electron chi connectivity index (χ0n) is 8.83. The van der Waals surface area contributed by atoms with Gasteiger partial charge in [0.1, 0.15) is 0 Å². The molecule has 5 N–H and O–H groups in total. The van der Waals surface area contributed by atoms with E-state index in [9.17, 15) is 0 Å². The summed E-state index contributed by atoms with van der Waals surface area (Å²) in [6.45, 7) is 2.16. The van der Waals surface area contributed by atoms with Crippen LogP contribution in [0.4, 0.5) is 0 Å². The second kappa shape index (κ2) is 3.46. The van der Waals surface area contributed by atoms with E-state index in [1.54, 1.807) is 0 Å². The largest absolute Gasteiger partial charge is 0.397 e. The summed E-state index contributed by atoms with van der Waals surface area (Å²) in [5, 5.41) is 6.97. The van der Waals surface area contributed by atoms with Crippen molar-refractivity contribution in [1.82, 2.24) is 10.2 Å². The van der Waals surface area contributed by atoms with Crippen molar-refractivity contribution in [3.8, 4) is 0 Å². The molecule has 4 heteroatoms. The van der Waals surface area contributed by atoms with Gasteiger partial charge in [-0.2, -0.15) is 5.10 Å². The van der Waals surface area contributed by atoms with Gasteiger partial charge in [0.2, 0.25) is 0 Å². The third-order valence-electron chi connectivity index (χ3n) is 2.77. The standard InChI is InChI=1S/C11H16N4/c1-11(6-8-3-5-14-15-8)4-2-9(12)10(13)7-11/h2-3,5,7H,4,6,12-13H2,1H3,(H,14,15). The quantitative estimate of drug-likeness (QED) is 0.673. The molecule has 1 aliphatic carbocycles. The molecule has 0 aliphatic heterocycles. The van der Waals surface area contributed by atoms with E-state index in [2.05, 4.69) is 17.1 Å². The lowest BCUT2D eigenvalue weighted by Gasteiger charge is -2.28. The van der Waals surface area contributed by atoms with Gasteiger partial charge in [0.15, 0.2) is 0 Å². The van der Waals surface area contributed by atoms with Gasteiger partial charge in [-0.1, -0.05) is 19.1 Å². The van der Waals surface area contributed by atoms with Crippen LogP contribution in [-0.4, -0.2) is 10.2 Å². The molecule has 1 heterocycles. The fraction of sp³-hybridized carbons (Fsp3) is 0.364. The SMILES string of the molecule is CC1(Cc2cc[nH]n2)C=C(N)C(N)=CC1. The Bertz CT molecular complexity index is 402. The van der Waals surface area contributed by atoms with E-state index >= 15 is 0 Å². The van der Waals surface area contributed by atoms with Crippen molar-refractivity contribution in [1.29, 1.82) is 0 Å². The predicted molar refractivity (Wildman–Crippen MR) is 59.6 cm³/mol. The minimum absolute atomic E-state index is 0.0299. The molecular weight excluding hydrogens is 188 g/mol. The summed E-state index contributed by atoms with van der Waals surface area (Å²) in [6, 6.07) is 1.98. The Morgan fingerprint density at radius 1 is 1.47 bits per heavy atom. The maximum Gasteiger partial charge on any atom is 0.0630 e. The molecule has 2 rings (SSSR count). The molecule has 4 nitrogen and oxygen atoms in total. The number of hydrogen-bond donors (Lipinski definition) is 3. The van der Waals surface area contributed by atoms with Crippen molar-refractivity contribution < 1.29 is 0 Å². The van der Waals surface area contributed by atoms with Gasteiger partial charge in [0, 0.05) is 12.6 Å². The topological polar surface area (TPSA) is 80.7 Å². The Kier molecular flexibility index (Phi) is 2.26. The van der Waals surface area contributed by atoms with E-state index in [4.69, 9.17) is 11.5 Å². The maximum absolute atomic E-state index is 5.82. The molecule has 0 spiro atoms. The summed E-state index contributed by atoms with van der Waals surface area (Å²) in [7, 11) is 0. The van der Waals surface area contributed by atoms with Crippen molar-refractivity contribution >= 4 is 0 Å². The lowest BCUT2D eigenvalue weighted by molar-refractivity contribution is 0.416. The van der Waals surface area contributed by atoms with Crippen molar-refractivity contribution in [3.05, 3.63) is 41.5 Å². The molecule has 80 valence electrons. The normalized spacial score (nSPS) is 25.9. The first-order valence-electron chi connectivity index (χ1n) is 5.02. The Morgan fingerprint density at radius 2 is 2.27 bits per heavy atom. The fourth-order valence-corrected chi connectivity index (χ4v) is 1.90. The van der Waals surface area contributed by atoms with Gasteiger partial charge in [-0.05, 0) is 17.9 Å². The fourth-order valence-electron chi connectivity index (χ4n) is 1.90. The van der Waals surface area contributed by atoms with Gasteiger partial charge in [0.05, 0.1) is 17.1 Å². The van der Waals surface area contributed by atoms with Crippen molar-refractivity contribution in [2.45, 2.75) is 19.8 Å².